The summed E-state index contributed by atoms with van der Waals surface area (Å²) in [7, 11) is 0. The minimum atomic E-state index is -0.400. The molecule has 1 aromatic heterocycles. The second-order valence-electron chi connectivity index (χ2n) is 5.60. The molecule has 0 bridgehead atoms. The fraction of sp³-hybridized carbons (Fsp3) is 0.304. The van der Waals surface area contributed by atoms with Gasteiger partial charge in [0.2, 0.25) is 5.91 Å². The van der Waals surface area contributed by atoms with Gasteiger partial charge in [-0.25, -0.2) is 4.98 Å². The first-order chi connectivity index (χ1) is 13.6. The van der Waals surface area contributed by atoms with E-state index in [1.165, 1.54) is 0 Å². The summed E-state index contributed by atoms with van der Waals surface area (Å²) in [4.78, 5) is 16.5. The monoisotopic (exact) mass is 378 g/mol. The molecular weight excluding hydrogens is 348 g/mol. The minimum absolute atomic E-state index is 0.0671. The van der Waals surface area contributed by atoms with Crippen LogP contribution in [0.15, 0.2) is 48.7 Å². The van der Waals surface area contributed by atoms with E-state index >= 15 is 0 Å². The predicted octanol–water partition coefficient (Wildman–Crippen LogP) is 4.07. The van der Waals surface area contributed by atoms with Crippen molar-refractivity contribution in [3.63, 3.8) is 0 Å². The molecule has 0 radical (unpaired) electrons. The summed E-state index contributed by atoms with van der Waals surface area (Å²) in [5.74, 6) is 2.80. The van der Waals surface area contributed by atoms with Crippen molar-refractivity contribution in [1.82, 2.24) is 4.98 Å². The maximum absolute atomic E-state index is 12.3. The van der Waals surface area contributed by atoms with E-state index in [1.807, 2.05) is 57.2 Å². The molecule has 4 N–H and O–H groups in total. The molecule has 1 aliphatic heterocycles. The third-order valence-corrected chi connectivity index (χ3v) is 3.92. The van der Waals surface area contributed by atoms with Crippen molar-refractivity contribution in [1.29, 1.82) is 0 Å². The van der Waals surface area contributed by atoms with E-state index in [2.05, 4.69) is 40.8 Å². The molecule has 0 saturated heterocycles. The van der Waals surface area contributed by atoms with Crippen LogP contribution in [0.25, 0.3) is 0 Å². The number of hydrogen-bond donors (Lipinski definition) is 3. The number of terminal acetylenes is 2. The number of nitrogens with zero attached hydrogens (tertiary/aromatic N) is 1. The lowest BCUT2D eigenvalue weighted by Crippen LogP contribution is -2.46. The molecule has 0 fully saturated rings. The van der Waals surface area contributed by atoms with Crippen LogP contribution in [-0.2, 0) is 4.79 Å². The molecule has 1 aromatic carbocycles. The smallest absolute Gasteiger partial charge is 0.247 e. The van der Waals surface area contributed by atoms with E-state index in [0.29, 0.717) is 11.5 Å². The number of hydrogen-bond acceptors (Lipinski definition) is 4. The quantitative estimate of drug-likeness (QED) is 0.704. The average molecular weight is 379 g/mol. The second kappa shape index (κ2) is 13.9. The van der Waals surface area contributed by atoms with Crippen molar-refractivity contribution in [3.05, 3.63) is 54.2 Å². The molecule has 0 saturated carbocycles. The van der Waals surface area contributed by atoms with E-state index in [9.17, 15) is 4.79 Å². The van der Waals surface area contributed by atoms with Gasteiger partial charge in [-0.1, -0.05) is 51.1 Å². The molecule has 1 amide bonds. The standard InChI is InChI=1S/C16H18N4O.C3H4.C2H6.C2H2/c1-10(13(17)11-6-3-2-4-7-11)14-16(21)19-12-8-5-9-18-15(12)20-14;1-3-2;2*1-2/h2-10,13-14H,17H2,1H3,(H,18,20)(H,19,21);1H,2H3;1-2H3;1-2H. The number of pyridine rings is 1. The van der Waals surface area contributed by atoms with Crippen LogP contribution in [0.5, 0.6) is 0 Å². The Morgan fingerprint density at radius 3 is 2.29 bits per heavy atom. The first-order valence-corrected chi connectivity index (χ1v) is 9.12. The molecule has 3 unspecified atom stereocenters. The van der Waals surface area contributed by atoms with Gasteiger partial charge in [0.25, 0.3) is 0 Å². The largest absolute Gasteiger partial charge is 0.356 e. The van der Waals surface area contributed by atoms with Crippen LogP contribution in [0, 0.1) is 31.1 Å². The van der Waals surface area contributed by atoms with Gasteiger partial charge in [-0.05, 0) is 24.6 Å². The van der Waals surface area contributed by atoms with Crippen LogP contribution in [0.2, 0.25) is 0 Å². The summed E-state index contributed by atoms with van der Waals surface area (Å²) in [6.07, 6.45) is 14.3. The van der Waals surface area contributed by atoms with Crippen LogP contribution in [0.3, 0.4) is 0 Å². The van der Waals surface area contributed by atoms with Gasteiger partial charge in [-0.15, -0.1) is 25.2 Å². The lowest BCUT2D eigenvalue weighted by Gasteiger charge is -2.33. The van der Waals surface area contributed by atoms with Crippen LogP contribution < -0.4 is 16.4 Å². The summed E-state index contributed by atoms with van der Waals surface area (Å²) in [5.41, 5.74) is 8.04. The van der Waals surface area contributed by atoms with Crippen molar-refractivity contribution in [2.75, 3.05) is 10.6 Å². The van der Waals surface area contributed by atoms with Gasteiger partial charge in [-0.2, -0.15) is 0 Å². The maximum Gasteiger partial charge on any atom is 0.247 e. The average Bonchev–Trinajstić information content (AvgIpc) is 2.76. The number of nitrogens with one attached hydrogen (secondary N) is 2. The zero-order valence-corrected chi connectivity index (χ0v) is 17.0. The fourth-order valence-corrected chi connectivity index (χ4v) is 2.60. The van der Waals surface area contributed by atoms with Gasteiger partial charge in [0.1, 0.15) is 11.9 Å². The van der Waals surface area contributed by atoms with Crippen LogP contribution in [0.4, 0.5) is 11.5 Å². The normalized spacial score (nSPS) is 15.5. The van der Waals surface area contributed by atoms with Gasteiger partial charge in [0, 0.05) is 18.2 Å². The third-order valence-electron chi connectivity index (χ3n) is 3.92. The SMILES string of the molecule is C#C.C#CC.CC.CC(C1Nc2ncccc2NC1=O)C(N)c1ccccc1. The number of fused-ring (bicyclic) bond motifs is 1. The predicted molar refractivity (Wildman–Crippen MR) is 119 cm³/mol. The van der Waals surface area contributed by atoms with Gasteiger partial charge in [0.05, 0.1) is 5.69 Å². The number of carbonyl (C=O) groups excluding carboxylic acids is 1. The topological polar surface area (TPSA) is 80.0 Å². The number of nitrogens with two attached hydrogens (primary N) is 1. The Hall–Kier alpha value is -3.28. The summed E-state index contributed by atoms with van der Waals surface area (Å²) in [6.45, 7) is 7.63. The number of aromatic nitrogens is 1. The van der Waals surface area contributed by atoms with Gasteiger partial charge >= 0.3 is 0 Å². The van der Waals surface area contributed by atoms with Gasteiger partial charge in [0.15, 0.2) is 0 Å². The summed E-state index contributed by atoms with van der Waals surface area (Å²) in [6, 6.07) is 12.8. The lowest BCUT2D eigenvalue weighted by molar-refractivity contribution is -0.118. The molecule has 0 spiro atoms. The lowest BCUT2D eigenvalue weighted by atomic mass is 9.88. The molecule has 2 heterocycles. The van der Waals surface area contributed by atoms with E-state index in [-0.39, 0.29) is 17.9 Å². The molecule has 3 atom stereocenters. The molecule has 148 valence electrons. The number of benzene rings is 1. The molecule has 1 aliphatic rings. The van der Waals surface area contributed by atoms with E-state index in [1.54, 1.807) is 19.2 Å². The van der Waals surface area contributed by atoms with E-state index in [0.717, 1.165) is 5.56 Å². The van der Waals surface area contributed by atoms with Crippen molar-refractivity contribution in [2.45, 2.75) is 39.8 Å². The molecule has 5 nitrogen and oxygen atoms in total. The first kappa shape index (κ1) is 24.7. The first-order valence-electron chi connectivity index (χ1n) is 9.12. The number of rotatable bonds is 3. The Bertz CT molecular complexity index is 765. The Morgan fingerprint density at radius 1 is 1.14 bits per heavy atom. The van der Waals surface area contributed by atoms with Crippen molar-refractivity contribution >= 4 is 17.4 Å². The third kappa shape index (κ3) is 6.79. The summed E-state index contributed by atoms with van der Waals surface area (Å²) < 4.78 is 0. The highest BCUT2D eigenvalue weighted by atomic mass is 16.2. The number of carbonyl (C=O) groups is 1. The molecule has 0 aliphatic carbocycles. The molecule has 28 heavy (non-hydrogen) atoms. The zero-order chi connectivity index (χ0) is 21.5. The summed E-state index contributed by atoms with van der Waals surface area (Å²) >= 11 is 0. The Labute approximate surface area is 169 Å². The van der Waals surface area contributed by atoms with Crippen LogP contribution >= 0.6 is 0 Å². The fourth-order valence-electron chi connectivity index (χ4n) is 2.60. The number of amides is 1. The highest BCUT2D eigenvalue weighted by Crippen LogP contribution is 2.30. The van der Waals surface area contributed by atoms with Gasteiger partial charge in [-0.3, -0.25) is 4.79 Å². The van der Waals surface area contributed by atoms with Crippen LogP contribution in [0.1, 0.15) is 39.3 Å². The van der Waals surface area contributed by atoms with Crippen LogP contribution in [-0.4, -0.2) is 16.9 Å². The minimum Gasteiger partial charge on any atom is -0.356 e. The maximum atomic E-state index is 12.3. The molecular formula is C23H30N4O. The van der Waals surface area contributed by atoms with E-state index in [4.69, 9.17) is 5.73 Å². The molecule has 5 heteroatoms. The number of anilines is 2. The Morgan fingerprint density at radius 2 is 1.71 bits per heavy atom. The van der Waals surface area contributed by atoms with E-state index < -0.39 is 6.04 Å². The van der Waals surface area contributed by atoms with Crippen molar-refractivity contribution in [3.8, 4) is 25.2 Å². The highest BCUT2D eigenvalue weighted by Gasteiger charge is 2.34. The Kier molecular flexibility index (Phi) is 12.2. The molecule has 2 aromatic rings. The van der Waals surface area contributed by atoms with Crippen molar-refractivity contribution in [2.24, 2.45) is 11.7 Å². The summed E-state index contributed by atoms with van der Waals surface area (Å²) in [5, 5.41) is 6.07. The second-order valence-corrected chi connectivity index (χ2v) is 5.60. The zero-order valence-electron chi connectivity index (χ0n) is 17.0. The van der Waals surface area contributed by atoms with Gasteiger partial charge < -0.3 is 16.4 Å². The molecule has 3 rings (SSSR count). The Balaban J connectivity index is 0.000000930. The highest BCUT2D eigenvalue weighted by molar-refractivity contribution is 6.02. The van der Waals surface area contributed by atoms with Crippen molar-refractivity contribution < 1.29 is 4.79 Å².